The van der Waals surface area contributed by atoms with Crippen LogP contribution in [0.4, 0.5) is 4.39 Å². The lowest BCUT2D eigenvalue weighted by Gasteiger charge is -2.31. The first kappa shape index (κ1) is 20.7. The molecule has 4 rings (SSSR count). The molecule has 7 nitrogen and oxygen atoms in total. The van der Waals surface area contributed by atoms with Gasteiger partial charge in [0.05, 0.1) is 0 Å². The van der Waals surface area contributed by atoms with E-state index in [1.807, 2.05) is 29.8 Å². The molecule has 0 radical (unpaired) electrons. The van der Waals surface area contributed by atoms with Crippen LogP contribution < -0.4 is 5.32 Å². The van der Waals surface area contributed by atoms with Crippen molar-refractivity contribution in [3.63, 3.8) is 0 Å². The zero-order valence-corrected chi connectivity index (χ0v) is 17.3. The highest BCUT2D eigenvalue weighted by Gasteiger charge is 2.27. The molecule has 0 aliphatic carbocycles. The maximum Gasteiger partial charge on any atom is 0.253 e. The maximum atomic E-state index is 13.1. The van der Waals surface area contributed by atoms with Crippen LogP contribution in [0.2, 0.25) is 0 Å². The lowest BCUT2D eigenvalue weighted by atomic mass is 9.95. The van der Waals surface area contributed by atoms with Gasteiger partial charge in [-0.05, 0) is 61.7 Å². The summed E-state index contributed by atoms with van der Waals surface area (Å²) < 4.78 is 15.0. The first-order chi connectivity index (χ1) is 15.0. The number of aryl methyl sites for hydroxylation is 1. The second-order valence-corrected chi connectivity index (χ2v) is 7.66. The van der Waals surface area contributed by atoms with Crippen molar-refractivity contribution >= 4 is 11.8 Å². The Morgan fingerprint density at radius 3 is 2.52 bits per heavy atom. The fourth-order valence-corrected chi connectivity index (χ4v) is 3.78. The van der Waals surface area contributed by atoms with Crippen molar-refractivity contribution in [3.05, 3.63) is 77.8 Å². The van der Waals surface area contributed by atoms with Gasteiger partial charge >= 0.3 is 0 Å². The maximum absolute atomic E-state index is 13.1. The molecule has 0 unspecified atom stereocenters. The van der Waals surface area contributed by atoms with Gasteiger partial charge in [0.15, 0.2) is 0 Å². The smallest absolute Gasteiger partial charge is 0.253 e. The van der Waals surface area contributed by atoms with Crippen molar-refractivity contribution < 1.29 is 14.0 Å². The van der Waals surface area contributed by atoms with Crippen LogP contribution in [0.5, 0.6) is 0 Å². The van der Waals surface area contributed by atoms with Gasteiger partial charge < -0.3 is 10.2 Å². The number of aromatic nitrogens is 3. The molecule has 2 amide bonds. The summed E-state index contributed by atoms with van der Waals surface area (Å²) in [5, 5.41) is 3.00. The van der Waals surface area contributed by atoms with Crippen LogP contribution in [-0.2, 0) is 11.3 Å². The van der Waals surface area contributed by atoms with Crippen LogP contribution in [0, 0.1) is 18.7 Å². The molecule has 8 heteroatoms. The van der Waals surface area contributed by atoms with E-state index in [0.717, 1.165) is 17.2 Å². The highest BCUT2D eigenvalue weighted by Crippen LogP contribution is 2.20. The first-order valence-electron chi connectivity index (χ1n) is 10.3. The Balaban J connectivity index is 1.29. The normalized spacial score (nSPS) is 14.5. The molecule has 31 heavy (non-hydrogen) atoms. The molecule has 1 aliphatic heterocycles. The van der Waals surface area contributed by atoms with Crippen LogP contribution in [-0.4, -0.2) is 44.3 Å². The molecular formula is C23H24FN5O2. The number of carbonyl (C=O) groups excluding carboxylic acids is 2. The summed E-state index contributed by atoms with van der Waals surface area (Å²) in [5.74, 6) is 0.969. The number of imidazole rings is 1. The Bertz CT molecular complexity index is 1070. The number of hydrogen-bond donors (Lipinski definition) is 1. The van der Waals surface area contributed by atoms with Gasteiger partial charge in [-0.2, -0.15) is 0 Å². The van der Waals surface area contributed by atoms with Crippen molar-refractivity contribution in [1.82, 2.24) is 24.8 Å². The van der Waals surface area contributed by atoms with E-state index in [9.17, 15) is 14.0 Å². The molecule has 3 heterocycles. The molecule has 0 spiro atoms. The second kappa shape index (κ2) is 9.07. The molecule has 2 aromatic heterocycles. The Kier molecular flexibility index (Phi) is 6.06. The second-order valence-electron chi connectivity index (χ2n) is 7.66. The fourth-order valence-electron chi connectivity index (χ4n) is 3.78. The van der Waals surface area contributed by atoms with Gasteiger partial charge in [-0.25, -0.2) is 14.4 Å². The SMILES string of the molecule is Cc1nccn1-c1cc(CNC(=O)C2CCN(C(=O)c3ccc(F)cc3)CC2)ccn1. The summed E-state index contributed by atoms with van der Waals surface area (Å²) in [4.78, 5) is 35.5. The number of carbonyl (C=O) groups is 2. The van der Waals surface area contributed by atoms with E-state index in [-0.39, 0.29) is 23.5 Å². The van der Waals surface area contributed by atoms with E-state index in [2.05, 4.69) is 15.3 Å². The van der Waals surface area contributed by atoms with Crippen molar-refractivity contribution in [3.8, 4) is 5.82 Å². The number of amides is 2. The monoisotopic (exact) mass is 421 g/mol. The highest BCUT2D eigenvalue weighted by molar-refractivity contribution is 5.94. The third kappa shape index (κ3) is 4.79. The molecule has 1 saturated heterocycles. The minimum Gasteiger partial charge on any atom is -0.352 e. The number of nitrogens with one attached hydrogen (secondary N) is 1. The Hall–Kier alpha value is -3.55. The van der Waals surface area contributed by atoms with Crippen molar-refractivity contribution in [2.24, 2.45) is 5.92 Å². The Labute approximate surface area is 179 Å². The van der Waals surface area contributed by atoms with Crippen LogP contribution in [0.3, 0.4) is 0 Å². The number of halogens is 1. The van der Waals surface area contributed by atoms with Gasteiger partial charge in [-0.1, -0.05) is 0 Å². The van der Waals surface area contributed by atoms with Crippen molar-refractivity contribution in [2.45, 2.75) is 26.3 Å². The Morgan fingerprint density at radius 2 is 1.84 bits per heavy atom. The Morgan fingerprint density at radius 1 is 1.10 bits per heavy atom. The number of piperidine rings is 1. The summed E-state index contributed by atoms with van der Waals surface area (Å²) in [7, 11) is 0. The zero-order valence-electron chi connectivity index (χ0n) is 17.3. The quantitative estimate of drug-likeness (QED) is 0.687. The summed E-state index contributed by atoms with van der Waals surface area (Å²) >= 11 is 0. The average Bonchev–Trinajstić information content (AvgIpc) is 3.23. The molecule has 160 valence electrons. The third-order valence-corrected chi connectivity index (χ3v) is 5.59. The molecule has 3 aromatic rings. The molecular weight excluding hydrogens is 397 g/mol. The minimum atomic E-state index is -0.367. The molecule has 1 N–H and O–H groups in total. The van der Waals surface area contributed by atoms with Gasteiger partial charge in [0.2, 0.25) is 5.91 Å². The standard InChI is InChI=1S/C23H24FN5O2/c1-16-25-10-13-29(16)21-14-17(6-9-26-21)15-27-22(30)18-7-11-28(12-8-18)23(31)19-2-4-20(24)5-3-19/h2-6,9-10,13-14,18H,7-8,11-12,15H2,1H3,(H,27,30). The van der Waals surface area contributed by atoms with E-state index >= 15 is 0 Å². The molecule has 0 saturated carbocycles. The molecule has 0 bridgehead atoms. The third-order valence-electron chi connectivity index (χ3n) is 5.59. The largest absolute Gasteiger partial charge is 0.352 e. The van der Waals surface area contributed by atoms with Crippen LogP contribution in [0.25, 0.3) is 5.82 Å². The lowest BCUT2D eigenvalue weighted by Crippen LogP contribution is -2.42. The molecule has 0 atom stereocenters. The van der Waals surface area contributed by atoms with Gasteiger partial charge in [0.25, 0.3) is 5.91 Å². The molecule has 1 aromatic carbocycles. The number of pyridine rings is 1. The van der Waals surface area contributed by atoms with Gasteiger partial charge in [-0.15, -0.1) is 0 Å². The molecule has 1 fully saturated rings. The number of rotatable bonds is 5. The first-order valence-corrected chi connectivity index (χ1v) is 10.3. The van der Waals surface area contributed by atoms with Gasteiger partial charge in [0.1, 0.15) is 17.5 Å². The highest BCUT2D eigenvalue weighted by atomic mass is 19.1. The minimum absolute atomic E-state index is 0.00828. The van der Waals surface area contributed by atoms with E-state index < -0.39 is 0 Å². The predicted molar refractivity (Wildman–Crippen MR) is 113 cm³/mol. The predicted octanol–water partition coefficient (Wildman–Crippen LogP) is 2.88. The number of nitrogens with zero attached hydrogens (tertiary/aromatic N) is 4. The van der Waals surface area contributed by atoms with E-state index in [4.69, 9.17) is 0 Å². The van der Waals surface area contributed by atoms with Gasteiger partial charge in [0, 0.05) is 49.7 Å². The summed E-state index contributed by atoms with van der Waals surface area (Å²) in [6, 6.07) is 9.35. The number of likely N-dealkylation sites (tertiary alicyclic amines) is 1. The van der Waals surface area contributed by atoms with E-state index in [1.54, 1.807) is 17.3 Å². The zero-order chi connectivity index (χ0) is 21.8. The summed E-state index contributed by atoms with van der Waals surface area (Å²) in [6.45, 7) is 3.33. The fraction of sp³-hybridized carbons (Fsp3) is 0.304. The van der Waals surface area contributed by atoms with Gasteiger partial charge in [-0.3, -0.25) is 14.2 Å². The van der Waals surface area contributed by atoms with Crippen LogP contribution in [0.1, 0.15) is 34.6 Å². The summed E-state index contributed by atoms with van der Waals surface area (Å²) in [6.07, 6.45) is 6.50. The van der Waals surface area contributed by atoms with E-state index in [0.29, 0.717) is 38.0 Å². The van der Waals surface area contributed by atoms with E-state index in [1.165, 1.54) is 24.3 Å². The number of hydrogen-bond acceptors (Lipinski definition) is 4. The molecule has 1 aliphatic rings. The average molecular weight is 421 g/mol. The number of benzene rings is 1. The topological polar surface area (TPSA) is 80.1 Å². The van der Waals surface area contributed by atoms with Crippen LogP contribution >= 0.6 is 0 Å². The van der Waals surface area contributed by atoms with Crippen molar-refractivity contribution in [2.75, 3.05) is 13.1 Å². The van der Waals surface area contributed by atoms with Crippen molar-refractivity contribution in [1.29, 1.82) is 0 Å². The lowest BCUT2D eigenvalue weighted by molar-refractivity contribution is -0.126. The summed E-state index contributed by atoms with van der Waals surface area (Å²) in [5.41, 5.74) is 1.42. The van der Waals surface area contributed by atoms with Crippen LogP contribution in [0.15, 0.2) is 55.0 Å².